The van der Waals surface area contributed by atoms with Gasteiger partial charge in [-0.3, -0.25) is 0 Å². The lowest BCUT2D eigenvalue weighted by Gasteiger charge is -2.40. The zero-order valence-corrected chi connectivity index (χ0v) is 20.0. The Bertz CT molecular complexity index is 1270. The third kappa shape index (κ3) is 4.79. The van der Waals surface area contributed by atoms with Gasteiger partial charge in [-0.25, -0.2) is 27.9 Å². The van der Waals surface area contributed by atoms with Gasteiger partial charge in [0.1, 0.15) is 17.8 Å². The molecule has 33 heavy (non-hydrogen) atoms. The summed E-state index contributed by atoms with van der Waals surface area (Å²) in [5, 5.41) is 3.84. The van der Waals surface area contributed by atoms with Crippen molar-refractivity contribution in [3.63, 3.8) is 0 Å². The third-order valence-electron chi connectivity index (χ3n) is 5.62. The number of nitrogens with zero attached hydrogens (tertiary/aromatic N) is 4. The van der Waals surface area contributed by atoms with Crippen LogP contribution in [0.3, 0.4) is 0 Å². The highest BCUT2D eigenvalue weighted by atomic mass is 32.2. The van der Waals surface area contributed by atoms with Crippen molar-refractivity contribution in [2.75, 3.05) is 29.9 Å². The third-order valence-corrected chi connectivity index (χ3v) is 7.28. The molecule has 1 aromatic carbocycles. The number of aromatic nitrogens is 3. The van der Waals surface area contributed by atoms with E-state index in [2.05, 4.69) is 29.9 Å². The Morgan fingerprint density at radius 2 is 2.03 bits per heavy atom. The van der Waals surface area contributed by atoms with Crippen LogP contribution in [0.15, 0.2) is 41.7 Å². The summed E-state index contributed by atoms with van der Waals surface area (Å²) in [6.07, 6.45) is 3.47. The molecule has 1 fully saturated rings. The molecule has 3 N–H and O–H groups in total. The van der Waals surface area contributed by atoms with Gasteiger partial charge in [0.05, 0.1) is 10.3 Å². The molecule has 0 spiro atoms. The molecular formula is C22H29N7O3S. The van der Waals surface area contributed by atoms with Crippen LogP contribution in [0.4, 0.5) is 16.3 Å². The van der Waals surface area contributed by atoms with Crippen molar-refractivity contribution in [1.29, 1.82) is 0 Å². The van der Waals surface area contributed by atoms with Crippen LogP contribution < -0.4 is 14.9 Å². The number of H-pyrrole nitrogens is 1. The van der Waals surface area contributed by atoms with Crippen LogP contribution in [0.5, 0.6) is 0 Å². The molecule has 11 heteroatoms. The fraction of sp³-hybridized carbons (Fsp3) is 0.409. The molecule has 0 saturated carbocycles. The van der Waals surface area contributed by atoms with Crippen molar-refractivity contribution in [3.05, 3.63) is 42.4 Å². The van der Waals surface area contributed by atoms with E-state index in [-0.39, 0.29) is 23.0 Å². The van der Waals surface area contributed by atoms with Gasteiger partial charge in [-0.2, -0.15) is 0 Å². The average Bonchev–Trinajstić information content (AvgIpc) is 3.14. The lowest BCUT2D eigenvalue weighted by Crippen LogP contribution is -2.55. The molecule has 2 aromatic heterocycles. The second-order valence-electron chi connectivity index (χ2n) is 8.61. The van der Waals surface area contributed by atoms with Gasteiger partial charge in [-0.05, 0) is 51.5 Å². The zero-order valence-electron chi connectivity index (χ0n) is 19.2. The first-order valence-corrected chi connectivity index (χ1v) is 12.4. The van der Waals surface area contributed by atoms with E-state index in [1.165, 1.54) is 12.1 Å². The number of piperazine rings is 1. The molecule has 1 saturated heterocycles. The van der Waals surface area contributed by atoms with Gasteiger partial charge in [0.25, 0.3) is 0 Å². The summed E-state index contributed by atoms with van der Waals surface area (Å²) in [5.74, 6) is 0.862. The molecule has 4 rings (SSSR count). The van der Waals surface area contributed by atoms with Gasteiger partial charge in [0.15, 0.2) is 0 Å². The normalized spacial score (nSPS) is 17.1. The number of carbonyl (C=O) groups is 1. The monoisotopic (exact) mass is 471 g/mol. The van der Waals surface area contributed by atoms with Gasteiger partial charge in [0, 0.05) is 43.6 Å². The molecule has 0 bridgehead atoms. The van der Waals surface area contributed by atoms with Gasteiger partial charge < -0.3 is 20.1 Å². The molecule has 0 aliphatic carbocycles. The summed E-state index contributed by atoms with van der Waals surface area (Å²) in [4.78, 5) is 29.0. The Kier molecular flexibility index (Phi) is 6.26. The number of aromatic amines is 1. The summed E-state index contributed by atoms with van der Waals surface area (Å²) in [5.41, 5.74) is 2.31. The standard InChI is InChI=1S/C22H29N7O3S/c1-14(2)27-33(31,32)18-7-5-6-17(10-18)26-22(30)29-9-8-28(12-16(29)4)21-19-15(3)11-23-20(19)24-13-25-21/h5-7,10-11,13-14,16,27H,8-9,12H2,1-4H3,(H,26,30)(H,23,24,25)/t16-/m0/s1. The van der Waals surface area contributed by atoms with Crippen molar-refractivity contribution in [2.45, 2.75) is 44.7 Å². The highest BCUT2D eigenvalue weighted by molar-refractivity contribution is 7.89. The molecule has 176 valence electrons. The number of rotatable bonds is 5. The number of nitrogens with one attached hydrogen (secondary N) is 3. The van der Waals surface area contributed by atoms with E-state index in [0.29, 0.717) is 25.3 Å². The fourth-order valence-electron chi connectivity index (χ4n) is 4.10. The minimum absolute atomic E-state index is 0.0717. The topological polar surface area (TPSA) is 123 Å². The van der Waals surface area contributed by atoms with Crippen LogP contribution in [0.1, 0.15) is 26.3 Å². The smallest absolute Gasteiger partial charge is 0.322 e. The van der Waals surface area contributed by atoms with E-state index in [9.17, 15) is 13.2 Å². The number of aryl methyl sites for hydroxylation is 1. The predicted octanol–water partition coefficient (Wildman–Crippen LogP) is 2.70. The first kappa shape index (κ1) is 23.0. The number of anilines is 2. The second-order valence-corrected chi connectivity index (χ2v) is 10.3. The van der Waals surface area contributed by atoms with Gasteiger partial charge in [0.2, 0.25) is 10.0 Å². The zero-order chi connectivity index (χ0) is 23.8. The van der Waals surface area contributed by atoms with Gasteiger partial charge in [-0.1, -0.05) is 6.07 Å². The van der Waals surface area contributed by atoms with Crippen molar-refractivity contribution in [1.82, 2.24) is 24.6 Å². The molecule has 1 aliphatic heterocycles. The molecule has 0 unspecified atom stereocenters. The largest absolute Gasteiger partial charge is 0.352 e. The summed E-state index contributed by atoms with van der Waals surface area (Å²) in [6.45, 7) is 9.28. The summed E-state index contributed by atoms with van der Waals surface area (Å²) in [7, 11) is -3.64. The minimum Gasteiger partial charge on any atom is -0.352 e. The first-order valence-electron chi connectivity index (χ1n) is 10.9. The van der Waals surface area contributed by atoms with E-state index in [1.807, 2.05) is 20.0 Å². The van der Waals surface area contributed by atoms with Gasteiger partial charge >= 0.3 is 6.03 Å². The number of carbonyl (C=O) groups excluding carboxylic acids is 1. The number of sulfonamides is 1. The Morgan fingerprint density at radius 1 is 1.24 bits per heavy atom. The summed E-state index contributed by atoms with van der Waals surface area (Å²) < 4.78 is 27.5. The number of benzene rings is 1. The molecule has 0 radical (unpaired) electrons. The van der Waals surface area contributed by atoms with Crippen LogP contribution in [0, 0.1) is 6.92 Å². The molecule has 1 aliphatic rings. The molecule has 3 heterocycles. The minimum atomic E-state index is -3.64. The molecule has 2 amide bonds. The number of urea groups is 1. The van der Waals surface area contributed by atoms with Gasteiger partial charge in [-0.15, -0.1) is 0 Å². The van der Waals surface area contributed by atoms with Crippen molar-refractivity contribution in [3.8, 4) is 0 Å². The SMILES string of the molecule is Cc1c[nH]c2ncnc(N3CCN(C(=O)Nc4cccc(S(=O)(=O)NC(C)C)c4)[C@@H](C)C3)c12. The Balaban J connectivity index is 1.46. The van der Waals surface area contributed by atoms with E-state index in [1.54, 1.807) is 37.2 Å². The van der Waals surface area contributed by atoms with E-state index in [0.717, 1.165) is 22.4 Å². The van der Waals surface area contributed by atoms with E-state index < -0.39 is 10.0 Å². The Labute approximate surface area is 193 Å². The summed E-state index contributed by atoms with van der Waals surface area (Å²) >= 11 is 0. The highest BCUT2D eigenvalue weighted by Gasteiger charge is 2.29. The molecule has 10 nitrogen and oxygen atoms in total. The van der Waals surface area contributed by atoms with Crippen molar-refractivity contribution in [2.24, 2.45) is 0 Å². The lowest BCUT2D eigenvalue weighted by molar-refractivity contribution is 0.184. The summed E-state index contributed by atoms with van der Waals surface area (Å²) in [6, 6.07) is 5.71. The lowest BCUT2D eigenvalue weighted by atomic mass is 10.1. The van der Waals surface area contributed by atoms with Crippen LogP contribution in [0.25, 0.3) is 11.0 Å². The highest BCUT2D eigenvalue weighted by Crippen LogP contribution is 2.28. The molecular weight excluding hydrogens is 442 g/mol. The fourth-order valence-corrected chi connectivity index (χ4v) is 5.40. The first-order chi connectivity index (χ1) is 15.7. The Morgan fingerprint density at radius 3 is 2.76 bits per heavy atom. The second kappa shape index (κ2) is 8.99. The van der Waals surface area contributed by atoms with Crippen molar-refractivity contribution >= 4 is 38.6 Å². The van der Waals surface area contributed by atoms with E-state index >= 15 is 0 Å². The van der Waals surface area contributed by atoms with Crippen molar-refractivity contribution < 1.29 is 13.2 Å². The van der Waals surface area contributed by atoms with Crippen LogP contribution in [-0.2, 0) is 10.0 Å². The molecule has 1 atom stereocenters. The number of amides is 2. The Hall–Kier alpha value is -3.18. The number of hydrogen-bond donors (Lipinski definition) is 3. The van der Waals surface area contributed by atoms with Crippen LogP contribution in [0.2, 0.25) is 0 Å². The van der Waals surface area contributed by atoms with E-state index in [4.69, 9.17) is 0 Å². The molecule has 3 aromatic rings. The van der Waals surface area contributed by atoms with Crippen LogP contribution in [-0.4, -0.2) is 66.0 Å². The maximum absolute atomic E-state index is 13.0. The maximum Gasteiger partial charge on any atom is 0.322 e. The average molecular weight is 472 g/mol. The predicted molar refractivity (Wildman–Crippen MR) is 128 cm³/mol. The van der Waals surface area contributed by atoms with Crippen LogP contribution >= 0.6 is 0 Å². The maximum atomic E-state index is 13.0. The quantitative estimate of drug-likeness (QED) is 0.526. The number of fused-ring (bicyclic) bond motifs is 1. The number of hydrogen-bond acceptors (Lipinski definition) is 6.